The highest BCUT2D eigenvalue weighted by Crippen LogP contribution is 2.22. The normalized spacial score (nSPS) is 13.2. The zero-order valence-corrected chi connectivity index (χ0v) is 18.4. The molecule has 1 amide bonds. The standard InChI is InChI=1S/C23H29ClN4O2/c1-25-23(27(2)13-14-30-21-10-5-9-20(24)15-21)26-12-6-11-22(29)28-16-18-7-3-4-8-19(18)17-28/h3-5,7-10,15H,6,11-14,16-17H2,1-2H3,(H,25,26). The van der Waals surface area contributed by atoms with E-state index < -0.39 is 0 Å². The number of hydrogen-bond donors (Lipinski definition) is 1. The molecule has 1 heterocycles. The van der Waals surface area contributed by atoms with E-state index in [1.807, 2.05) is 47.2 Å². The van der Waals surface area contributed by atoms with Crippen LogP contribution in [-0.4, -0.2) is 55.5 Å². The molecule has 0 radical (unpaired) electrons. The van der Waals surface area contributed by atoms with Crippen molar-refractivity contribution >= 4 is 23.5 Å². The molecule has 0 aliphatic carbocycles. The molecule has 0 saturated heterocycles. The Hall–Kier alpha value is -2.73. The van der Waals surface area contributed by atoms with Crippen LogP contribution < -0.4 is 10.1 Å². The van der Waals surface area contributed by atoms with Gasteiger partial charge in [0.1, 0.15) is 12.4 Å². The molecule has 3 rings (SSSR count). The highest BCUT2D eigenvalue weighted by Gasteiger charge is 2.22. The van der Waals surface area contributed by atoms with Crippen molar-refractivity contribution < 1.29 is 9.53 Å². The van der Waals surface area contributed by atoms with Crippen molar-refractivity contribution in [3.63, 3.8) is 0 Å². The third-order valence-electron chi connectivity index (χ3n) is 5.11. The van der Waals surface area contributed by atoms with Gasteiger partial charge in [0.05, 0.1) is 6.54 Å². The Labute approximate surface area is 183 Å². The number of benzene rings is 2. The minimum atomic E-state index is 0.200. The average molecular weight is 429 g/mol. The van der Waals surface area contributed by atoms with Gasteiger partial charge in [-0.2, -0.15) is 0 Å². The summed E-state index contributed by atoms with van der Waals surface area (Å²) in [5.41, 5.74) is 2.51. The smallest absolute Gasteiger partial charge is 0.223 e. The molecule has 2 aromatic carbocycles. The monoisotopic (exact) mass is 428 g/mol. The number of nitrogens with zero attached hydrogens (tertiary/aromatic N) is 3. The Kier molecular flexibility index (Phi) is 7.97. The summed E-state index contributed by atoms with van der Waals surface area (Å²) in [7, 11) is 3.71. The quantitative estimate of drug-likeness (QED) is 0.397. The van der Waals surface area contributed by atoms with Gasteiger partial charge >= 0.3 is 0 Å². The van der Waals surface area contributed by atoms with E-state index in [0.29, 0.717) is 31.1 Å². The van der Waals surface area contributed by atoms with Gasteiger partial charge in [0, 0.05) is 45.2 Å². The highest BCUT2D eigenvalue weighted by atomic mass is 35.5. The van der Waals surface area contributed by atoms with E-state index in [9.17, 15) is 4.79 Å². The number of fused-ring (bicyclic) bond motifs is 1. The van der Waals surface area contributed by atoms with Gasteiger partial charge in [-0.15, -0.1) is 0 Å². The molecule has 1 N–H and O–H groups in total. The molecule has 0 atom stereocenters. The summed E-state index contributed by atoms with van der Waals surface area (Å²) in [5, 5.41) is 3.98. The van der Waals surface area contributed by atoms with E-state index in [-0.39, 0.29) is 5.91 Å². The second-order valence-corrected chi connectivity index (χ2v) is 7.76. The van der Waals surface area contributed by atoms with Crippen LogP contribution in [0.1, 0.15) is 24.0 Å². The molecule has 0 saturated carbocycles. The van der Waals surface area contributed by atoms with Crippen molar-refractivity contribution in [2.75, 3.05) is 33.8 Å². The Morgan fingerprint density at radius 1 is 1.20 bits per heavy atom. The topological polar surface area (TPSA) is 57.2 Å². The Morgan fingerprint density at radius 2 is 1.93 bits per heavy atom. The van der Waals surface area contributed by atoms with E-state index >= 15 is 0 Å². The van der Waals surface area contributed by atoms with Crippen LogP contribution in [0.25, 0.3) is 0 Å². The third-order valence-corrected chi connectivity index (χ3v) is 5.34. The fraction of sp³-hybridized carbons (Fsp3) is 0.391. The lowest BCUT2D eigenvalue weighted by atomic mass is 10.1. The van der Waals surface area contributed by atoms with E-state index in [1.165, 1.54) is 11.1 Å². The lowest BCUT2D eigenvalue weighted by Crippen LogP contribution is -2.41. The molecule has 6 nitrogen and oxygen atoms in total. The molecule has 1 aliphatic rings. The number of likely N-dealkylation sites (N-methyl/N-ethyl adjacent to an activating group) is 1. The van der Waals surface area contributed by atoms with Gasteiger partial charge in [-0.3, -0.25) is 9.79 Å². The maximum atomic E-state index is 12.5. The summed E-state index contributed by atoms with van der Waals surface area (Å²) in [6.07, 6.45) is 1.29. The largest absolute Gasteiger partial charge is 0.492 e. The molecule has 0 fully saturated rings. The molecular weight excluding hydrogens is 400 g/mol. The zero-order valence-electron chi connectivity index (χ0n) is 17.6. The zero-order chi connectivity index (χ0) is 21.3. The van der Waals surface area contributed by atoms with Crippen LogP contribution in [0.15, 0.2) is 53.5 Å². The summed E-state index contributed by atoms with van der Waals surface area (Å²) in [6, 6.07) is 15.6. The van der Waals surface area contributed by atoms with E-state index in [2.05, 4.69) is 22.4 Å². The van der Waals surface area contributed by atoms with Crippen molar-refractivity contribution in [2.45, 2.75) is 25.9 Å². The summed E-state index contributed by atoms with van der Waals surface area (Å²) in [6.45, 7) is 3.33. The molecule has 0 aromatic heterocycles. The number of amides is 1. The number of rotatable bonds is 8. The van der Waals surface area contributed by atoms with Crippen molar-refractivity contribution in [1.29, 1.82) is 0 Å². The van der Waals surface area contributed by atoms with Gasteiger partial charge in [-0.1, -0.05) is 41.9 Å². The first kappa shape index (κ1) is 22.0. The van der Waals surface area contributed by atoms with E-state index in [1.54, 1.807) is 13.1 Å². The number of guanidine groups is 1. The van der Waals surface area contributed by atoms with E-state index in [4.69, 9.17) is 16.3 Å². The van der Waals surface area contributed by atoms with Crippen LogP contribution in [0.2, 0.25) is 5.02 Å². The first-order chi connectivity index (χ1) is 14.6. The molecule has 0 bridgehead atoms. The van der Waals surface area contributed by atoms with Crippen molar-refractivity contribution in [1.82, 2.24) is 15.1 Å². The van der Waals surface area contributed by atoms with Crippen LogP contribution in [0.4, 0.5) is 0 Å². The molecule has 0 spiro atoms. The fourth-order valence-corrected chi connectivity index (χ4v) is 3.64. The lowest BCUT2D eigenvalue weighted by molar-refractivity contribution is -0.131. The van der Waals surface area contributed by atoms with Gasteiger partial charge < -0.3 is 19.9 Å². The Bertz CT molecular complexity index is 862. The number of carbonyl (C=O) groups is 1. The minimum absolute atomic E-state index is 0.200. The predicted octanol–water partition coefficient (Wildman–Crippen LogP) is 3.55. The maximum absolute atomic E-state index is 12.5. The first-order valence-electron chi connectivity index (χ1n) is 10.2. The average Bonchev–Trinajstić information content (AvgIpc) is 3.18. The Balaban J connectivity index is 1.33. The SMILES string of the molecule is CN=C(NCCCC(=O)N1Cc2ccccc2C1)N(C)CCOc1cccc(Cl)c1. The summed E-state index contributed by atoms with van der Waals surface area (Å²) in [5.74, 6) is 1.73. The molecule has 0 unspecified atom stereocenters. The molecule has 160 valence electrons. The summed E-state index contributed by atoms with van der Waals surface area (Å²) in [4.78, 5) is 20.7. The van der Waals surface area contributed by atoms with Gasteiger partial charge in [-0.25, -0.2) is 0 Å². The van der Waals surface area contributed by atoms with Gasteiger partial charge in [0.2, 0.25) is 5.91 Å². The fourth-order valence-electron chi connectivity index (χ4n) is 3.46. The number of halogens is 1. The Morgan fingerprint density at radius 3 is 2.60 bits per heavy atom. The number of ether oxygens (including phenoxy) is 1. The number of carbonyl (C=O) groups excluding carboxylic acids is 1. The van der Waals surface area contributed by atoms with Gasteiger partial charge in [0.25, 0.3) is 0 Å². The maximum Gasteiger partial charge on any atom is 0.223 e. The summed E-state index contributed by atoms with van der Waals surface area (Å²) >= 11 is 5.97. The van der Waals surface area contributed by atoms with Crippen molar-refractivity contribution in [3.05, 3.63) is 64.7 Å². The summed E-state index contributed by atoms with van der Waals surface area (Å²) < 4.78 is 5.73. The first-order valence-corrected chi connectivity index (χ1v) is 10.6. The van der Waals surface area contributed by atoms with Crippen LogP contribution in [-0.2, 0) is 17.9 Å². The van der Waals surface area contributed by atoms with Crippen LogP contribution in [0, 0.1) is 0 Å². The predicted molar refractivity (Wildman–Crippen MR) is 121 cm³/mol. The minimum Gasteiger partial charge on any atom is -0.492 e. The van der Waals surface area contributed by atoms with E-state index in [0.717, 1.165) is 31.2 Å². The number of aliphatic imine (C=N–C) groups is 1. The molecule has 2 aromatic rings. The van der Waals surface area contributed by atoms with Gasteiger partial charge in [-0.05, 0) is 35.7 Å². The molecule has 1 aliphatic heterocycles. The lowest BCUT2D eigenvalue weighted by Gasteiger charge is -2.22. The van der Waals surface area contributed by atoms with Crippen LogP contribution >= 0.6 is 11.6 Å². The number of nitrogens with one attached hydrogen (secondary N) is 1. The molecular formula is C23H29ClN4O2. The highest BCUT2D eigenvalue weighted by molar-refractivity contribution is 6.30. The second-order valence-electron chi connectivity index (χ2n) is 7.32. The van der Waals surface area contributed by atoms with Crippen LogP contribution in [0.5, 0.6) is 5.75 Å². The number of hydrogen-bond acceptors (Lipinski definition) is 3. The van der Waals surface area contributed by atoms with Crippen molar-refractivity contribution in [3.8, 4) is 5.75 Å². The molecule has 7 heteroatoms. The van der Waals surface area contributed by atoms with Gasteiger partial charge in [0.15, 0.2) is 5.96 Å². The second kappa shape index (κ2) is 10.9. The molecule has 30 heavy (non-hydrogen) atoms. The van der Waals surface area contributed by atoms with Crippen molar-refractivity contribution in [2.24, 2.45) is 4.99 Å². The van der Waals surface area contributed by atoms with Crippen LogP contribution in [0.3, 0.4) is 0 Å². The third kappa shape index (κ3) is 6.13.